The first-order valence-electron chi connectivity index (χ1n) is 10.8. The second-order valence-electron chi connectivity index (χ2n) is 7.77. The molecule has 0 spiro atoms. The molecule has 3 rings (SSSR count). The van der Waals surface area contributed by atoms with E-state index in [0.717, 1.165) is 16.9 Å². The van der Waals surface area contributed by atoms with Gasteiger partial charge in [-0.2, -0.15) is 4.31 Å². The Morgan fingerprint density at radius 1 is 1.03 bits per heavy atom. The molecule has 0 bridgehead atoms. The monoisotopic (exact) mass is 471 g/mol. The zero-order valence-corrected chi connectivity index (χ0v) is 19.4. The Kier molecular flexibility index (Phi) is 8.62. The third-order valence-electron chi connectivity index (χ3n) is 5.49. The fraction of sp³-hybridized carbons (Fsp3) is 0.333. The average molecular weight is 472 g/mol. The van der Waals surface area contributed by atoms with Gasteiger partial charge in [-0.1, -0.05) is 42.5 Å². The van der Waals surface area contributed by atoms with Crippen LogP contribution in [0.25, 0.3) is 6.08 Å². The molecular formula is C24H29N3O5S. The molecule has 2 N–H and O–H groups in total. The van der Waals surface area contributed by atoms with Gasteiger partial charge in [-0.05, 0) is 42.2 Å². The first-order valence-corrected chi connectivity index (χ1v) is 12.3. The Morgan fingerprint density at radius 2 is 1.70 bits per heavy atom. The number of rotatable bonds is 9. The highest BCUT2D eigenvalue weighted by molar-refractivity contribution is 7.92. The number of hydrogen-bond acceptors (Lipinski definition) is 5. The third kappa shape index (κ3) is 7.44. The van der Waals surface area contributed by atoms with E-state index in [1.807, 2.05) is 54.6 Å². The lowest BCUT2D eigenvalue weighted by molar-refractivity contribution is -0.129. The predicted molar refractivity (Wildman–Crippen MR) is 127 cm³/mol. The fourth-order valence-electron chi connectivity index (χ4n) is 3.51. The predicted octanol–water partition coefficient (Wildman–Crippen LogP) is 2.14. The number of sulfonamides is 1. The standard InChI is InChI=1S/C24H29N3O5S/c1-32-22-9-7-20(8-10-22)17-25-23(28)18-26-24(29)21-11-14-27(15-12-21)33(30,31)16-13-19-5-3-2-4-6-19/h2-10,13,16,21H,11-12,14-15,17-18H2,1H3,(H,25,28)(H,26,29)/b16-13+. The molecular weight excluding hydrogens is 442 g/mol. The summed E-state index contributed by atoms with van der Waals surface area (Å²) in [4.78, 5) is 24.5. The maximum Gasteiger partial charge on any atom is 0.239 e. The van der Waals surface area contributed by atoms with E-state index in [4.69, 9.17) is 4.74 Å². The number of carbonyl (C=O) groups is 2. The summed E-state index contributed by atoms with van der Waals surface area (Å²) in [7, 11) is -1.96. The van der Waals surface area contributed by atoms with Crippen molar-refractivity contribution in [3.8, 4) is 5.75 Å². The van der Waals surface area contributed by atoms with E-state index in [9.17, 15) is 18.0 Å². The molecule has 2 amide bonds. The summed E-state index contributed by atoms with van der Waals surface area (Å²) in [6.07, 6.45) is 2.40. The van der Waals surface area contributed by atoms with Crippen molar-refractivity contribution >= 4 is 27.9 Å². The van der Waals surface area contributed by atoms with Crippen LogP contribution in [0.3, 0.4) is 0 Å². The molecule has 1 fully saturated rings. The van der Waals surface area contributed by atoms with Crippen molar-refractivity contribution in [1.29, 1.82) is 0 Å². The van der Waals surface area contributed by atoms with Crippen molar-refractivity contribution in [2.45, 2.75) is 19.4 Å². The average Bonchev–Trinajstić information content (AvgIpc) is 2.86. The van der Waals surface area contributed by atoms with Crippen LogP contribution in [-0.4, -0.2) is 51.3 Å². The molecule has 9 heteroatoms. The van der Waals surface area contributed by atoms with Crippen LogP contribution < -0.4 is 15.4 Å². The SMILES string of the molecule is COc1ccc(CNC(=O)CNC(=O)C2CCN(S(=O)(=O)/C=C/c3ccccc3)CC2)cc1. The molecule has 0 saturated carbocycles. The lowest BCUT2D eigenvalue weighted by atomic mass is 9.97. The molecule has 0 aromatic heterocycles. The normalized spacial score (nSPS) is 15.3. The van der Waals surface area contributed by atoms with E-state index in [0.29, 0.717) is 19.4 Å². The molecule has 2 aromatic carbocycles. The topological polar surface area (TPSA) is 105 Å². The fourth-order valence-corrected chi connectivity index (χ4v) is 4.73. The van der Waals surface area contributed by atoms with Gasteiger partial charge in [0, 0.05) is 31.0 Å². The Hall–Kier alpha value is -3.17. The molecule has 1 aliphatic heterocycles. The molecule has 1 heterocycles. The van der Waals surface area contributed by atoms with Crippen molar-refractivity contribution in [3.05, 3.63) is 71.1 Å². The van der Waals surface area contributed by atoms with Gasteiger partial charge in [0.15, 0.2) is 0 Å². The zero-order valence-electron chi connectivity index (χ0n) is 18.6. The van der Waals surface area contributed by atoms with E-state index >= 15 is 0 Å². The van der Waals surface area contributed by atoms with Crippen LogP contribution in [0.5, 0.6) is 5.75 Å². The zero-order chi connectivity index (χ0) is 23.7. The number of methoxy groups -OCH3 is 1. The van der Waals surface area contributed by atoms with Gasteiger partial charge in [0.1, 0.15) is 5.75 Å². The lowest BCUT2D eigenvalue weighted by Gasteiger charge is -2.29. The lowest BCUT2D eigenvalue weighted by Crippen LogP contribution is -2.44. The number of ether oxygens (including phenoxy) is 1. The summed E-state index contributed by atoms with van der Waals surface area (Å²) in [6, 6.07) is 16.5. The first-order chi connectivity index (χ1) is 15.9. The van der Waals surface area contributed by atoms with Gasteiger partial charge in [0.05, 0.1) is 13.7 Å². The minimum Gasteiger partial charge on any atom is -0.497 e. The third-order valence-corrected chi connectivity index (χ3v) is 7.05. The number of benzene rings is 2. The summed E-state index contributed by atoms with van der Waals surface area (Å²) in [5, 5.41) is 6.62. The van der Waals surface area contributed by atoms with Gasteiger partial charge in [0.25, 0.3) is 0 Å². The summed E-state index contributed by atoms with van der Waals surface area (Å²) < 4.78 is 31.6. The van der Waals surface area contributed by atoms with E-state index < -0.39 is 10.0 Å². The number of nitrogens with zero attached hydrogens (tertiary/aromatic N) is 1. The van der Waals surface area contributed by atoms with Crippen LogP contribution in [0.4, 0.5) is 0 Å². The highest BCUT2D eigenvalue weighted by atomic mass is 32.2. The highest BCUT2D eigenvalue weighted by Crippen LogP contribution is 2.21. The van der Waals surface area contributed by atoms with Crippen molar-refractivity contribution in [1.82, 2.24) is 14.9 Å². The van der Waals surface area contributed by atoms with Gasteiger partial charge < -0.3 is 15.4 Å². The van der Waals surface area contributed by atoms with Crippen molar-refractivity contribution < 1.29 is 22.7 Å². The van der Waals surface area contributed by atoms with Gasteiger partial charge in [-0.3, -0.25) is 9.59 Å². The molecule has 0 radical (unpaired) electrons. The van der Waals surface area contributed by atoms with Crippen molar-refractivity contribution in [2.75, 3.05) is 26.7 Å². The largest absolute Gasteiger partial charge is 0.497 e. The van der Waals surface area contributed by atoms with Crippen LogP contribution in [0.2, 0.25) is 0 Å². The summed E-state index contributed by atoms with van der Waals surface area (Å²) in [5.41, 5.74) is 1.73. The van der Waals surface area contributed by atoms with Crippen LogP contribution in [-0.2, 0) is 26.2 Å². The summed E-state index contributed by atoms with van der Waals surface area (Å²) in [6.45, 7) is 0.769. The number of hydrogen-bond donors (Lipinski definition) is 2. The Morgan fingerprint density at radius 3 is 2.33 bits per heavy atom. The number of nitrogens with one attached hydrogen (secondary N) is 2. The van der Waals surface area contributed by atoms with E-state index in [1.165, 1.54) is 9.71 Å². The minimum absolute atomic E-state index is 0.118. The Bertz CT molecular complexity index is 1060. The van der Waals surface area contributed by atoms with Gasteiger partial charge in [-0.15, -0.1) is 0 Å². The first kappa shape index (κ1) is 24.5. The number of amides is 2. The molecule has 0 atom stereocenters. The molecule has 1 saturated heterocycles. The molecule has 0 unspecified atom stereocenters. The maximum absolute atomic E-state index is 12.6. The maximum atomic E-state index is 12.6. The van der Waals surface area contributed by atoms with Crippen LogP contribution in [0, 0.1) is 5.92 Å². The van der Waals surface area contributed by atoms with E-state index in [-0.39, 0.29) is 37.4 Å². The van der Waals surface area contributed by atoms with E-state index in [1.54, 1.807) is 13.2 Å². The second kappa shape index (κ2) is 11.6. The molecule has 8 nitrogen and oxygen atoms in total. The number of carbonyl (C=O) groups excluding carboxylic acids is 2. The van der Waals surface area contributed by atoms with Crippen molar-refractivity contribution in [2.24, 2.45) is 5.92 Å². The van der Waals surface area contributed by atoms with Gasteiger partial charge in [0.2, 0.25) is 21.8 Å². The van der Waals surface area contributed by atoms with Crippen molar-refractivity contribution in [3.63, 3.8) is 0 Å². The molecule has 1 aliphatic rings. The quantitative estimate of drug-likeness (QED) is 0.583. The van der Waals surface area contributed by atoms with Gasteiger partial charge in [-0.25, -0.2) is 8.42 Å². The molecule has 33 heavy (non-hydrogen) atoms. The van der Waals surface area contributed by atoms with Crippen LogP contribution in [0.1, 0.15) is 24.0 Å². The molecule has 176 valence electrons. The van der Waals surface area contributed by atoms with Gasteiger partial charge >= 0.3 is 0 Å². The molecule has 2 aromatic rings. The second-order valence-corrected chi connectivity index (χ2v) is 9.59. The summed E-state index contributed by atoms with van der Waals surface area (Å²) >= 11 is 0. The van der Waals surface area contributed by atoms with Crippen LogP contribution >= 0.6 is 0 Å². The van der Waals surface area contributed by atoms with E-state index in [2.05, 4.69) is 10.6 Å². The number of piperidine rings is 1. The Balaban J connectivity index is 1.39. The Labute approximate surface area is 194 Å². The smallest absolute Gasteiger partial charge is 0.239 e. The minimum atomic E-state index is -3.55. The van der Waals surface area contributed by atoms with Crippen LogP contribution in [0.15, 0.2) is 60.0 Å². The highest BCUT2D eigenvalue weighted by Gasteiger charge is 2.30. The summed E-state index contributed by atoms with van der Waals surface area (Å²) in [5.74, 6) is -0.0935. The molecule has 0 aliphatic carbocycles.